The van der Waals surface area contributed by atoms with Gasteiger partial charge in [0.2, 0.25) is 5.91 Å². The van der Waals surface area contributed by atoms with Gasteiger partial charge in [0, 0.05) is 31.2 Å². The Labute approximate surface area is 131 Å². The van der Waals surface area contributed by atoms with Gasteiger partial charge in [-0.15, -0.1) is 0 Å². The van der Waals surface area contributed by atoms with Gasteiger partial charge in [-0.3, -0.25) is 4.79 Å². The number of hydrogen-bond donors (Lipinski definition) is 2. The lowest BCUT2D eigenvalue weighted by atomic mass is 9.83. The monoisotopic (exact) mass is 297 g/mol. The molecule has 0 spiro atoms. The Kier molecular flexibility index (Phi) is 4.40. The second kappa shape index (κ2) is 6.10. The minimum absolute atomic E-state index is 0.0464. The van der Waals surface area contributed by atoms with E-state index in [9.17, 15) is 4.79 Å². The van der Waals surface area contributed by atoms with Gasteiger partial charge in [-0.25, -0.2) is 0 Å². The van der Waals surface area contributed by atoms with Crippen LogP contribution in [0.3, 0.4) is 0 Å². The average molecular weight is 297 g/mol. The topological polar surface area (TPSA) is 58.4 Å². The van der Waals surface area contributed by atoms with Crippen molar-refractivity contribution in [2.24, 2.45) is 0 Å². The molecule has 0 fully saturated rings. The van der Waals surface area contributed by atoms with Crippen molar-refractivity contribution >= 4 is 23.0 Å². The number of amides is 1. The van der Waals surface area contributed by atoms with Crippen LogP contribution < -0.4 is 16.0 Å². The van der Waals surface area contributed by atoms with Crippen molar-refractivity contribution in [2.45, 2.75) is 19.3 Å². The van der Waals surface area contributed by atoms with E-state index in [1.54, 1.807) is 0 Å². The zero-order valence-electron chi connectivity index (χ0n) is 13.6. The Morgan fingerprint density at radius 2 is 1.55 bits per heavy atom. The van der Waals surface area contributed by atoms with Gasteiger partial charge < -0.3 is 16.0 Å². The van der Waals surface area contributed by atoms with Crippen molar-refractivity contribution in [3.8, 4) is 0 Å². The van der Waals surface area contributed by atoms with Crippen LogP contribution in [0.2, 0.25) is 0 Å². The largest absolute Gasteiger partial charge is 0.399 e. The van der Waals surface area contributed by atoms with E-state index in [4.69, 9.17) is 5.73 Å². The third kappa shape index (κ3) is 3.39. The van der Waals surface area contributed by atoms with Crippen LogP contribution in [0, 0.1) is 0 Å². The molecule has 4 heteroatoms. The maximum atomic E-state index is 12.6. The quantitative estimate of drug-likeness (QED) is 0.852. The SMILES string of the molecule is CN(C)c1ccc(NC(=O)C(C)(C)c2ccc(N)cc2)cc1. The van der Waals surface area contributed by atoms with E-state index >= 15 is 0 Å². The predicted octanol–water partition coefficient (Wildman–Crippen LogP) is 3.25. The summed E-state index contributed by atoms with van der Waals surface area (Å²) in [6, 6.07) is 15.2. The molecule has 2 aromatic rings. The van der Waals surface area contributed by atoms with Gasteiger partial charge in [-0.2, -0.15) is 0 Å². The Balaban J connectivity index is 2.15. The van der Waals surface area contributed by atoms with Crippen LogP contribution in [0.4, 0.5) is 17.1 Å². The number of nitrogens with two attached hydrogens (primary N) is 1. The van der Waals surface area contributed by atoms with Gasteiger partial charge in [-0.05, 0) is 55.8 Å². The first-order chi connectivity index (χ1) is 10.3. The summed E-state index contributed by atoms with van der Waals surface area (Å²) < 4.78 is 0. The molecule has 0 aliphatic heterocycles. The third-order valence-corrected chi connectivity index (χ3v) is 3.84. The van der Waals surface area contributed by atoms with E-state index in [2.05, 4.69) is 5.32 Å². The highest BCUT2D eigenvalue weighted by atomic mass is 16.2. The molecular weight excluding hydrogens is 274 g/mol. The standard InChI is InChI=1S/C18H23N3O/c1-18(2,13-5-7-14(19)8-6-13)17(22)20-15-9-11-16(12-10-15)21(3)4/h5-12H,19H2,1-4H3,(H,20,22). The van der Waals surface area contributed by atoms with E-state index in [-0.39, 0.29) is 5.91 Å². The van der Waals surface area contributed by atoms with Crippen molar-refractivity contribution < 1.29 is 4.79 Å². The summed E-state index contributed by atoms with van der Waals surface area (Å²) in [7, 11) is 3.97. The summed E-state index contributed by atoms with van der Waals surface area (Å²) >= 11 is 0. The number of hydrogen-bond acceptors (Lipinski definition) is 3. The van der Waals surface area contributed by atoms with Gasteiger partial charge in [0.15, 0.2) is 0 Å². The zero-order chi connectivity index (χ0) is 16.3. The molecule has 2 rings (SSSR count). The van der Waals surface area contributed by atoms with E-state index in [0.717, 1.165) is 16.9 Å². The fourth-order valence-electron chi connectivity index (χ4n) is 2.16. The van der Waals surface area contributed by atoms with Gasteiger partial charge in [-0.1, -0.05) is 12.1 Å². The minimum Gasteiger partial charge on any atom is -0.399 e. The molecule has 0 aliphatic rings. The Morgan fingerprint density at radius 3 is 2.05 bits per heavy atom. The molecule has 0 bridgehead atoms. The van der Waals surface area contributed by atoms with E-state index in [1.807, 2.05) is 81.4 Å². The lowest BCUT2D eigenvalue weighted by Crippen LogP contribution is -2.34. The van der Waals surface area contributed by atoms with Gasteiger partial charge in [0.05, 0.1) is 5.41 Å². The lowest BCUT2D eigenvalue weighted by molar-refractivity contribution is -0.120. The maximum absolute atomic E-state index is 12.6. The smallest absolute Gasteiger partial charge is 0.234 e. The molecule has 0 aromatic heterocycles. The molecule has 0 radical (unpaired) electrons. The molecule has 0 aliphatic carbocycles. The summed E-state index contributed by atoms with van der Waals surface area (Å²) in [5.74, 6) is -0.0464. The van der Waals surface area contributed by atoms with Gasteiger partial charge in [0.1, 0.15) is 0 Å². The fourth-order valence-corrected chi connectivity index (χ4v) is 2.16. The maximum Gasteiger partial charge on any atom is 0.234 e. The molecule has 0 saturated carbocycles. The van der Waals surface area contributed by atoms with Crippen molar-refractivity contribution in [1.82, 2.24) is 0 Å². The molecule has 0 atom stereocenters. The second-order valence-corrected chi connectivity index (χ2v) is 6.14. The van der Waals surface area contributed by atoms with Crippen molar-refractivity contribution in [3.05, 3.63) is 54.1 Å². The number of carbonyl (C=O) groups is 1. The molecule has 4 nitrogen and oxygen atoms in total. The van der Waals surface area contributed by atoms with E-state index in [0.29, 0.717) is 5.69 Å². The summed E-state index contributed by atoms with van der Waals surface area (Å²) in [5.41, 5.74) is 8.58. The summed E-state index contributed by atoms with van der Waals surface area (Å²) in [6.45, 7) is 3.81. The predicted molar refractivity (Wildman–Crippen MR) is 93.3 cm³/mol. The van der Waals surface area contributed by atoms with Crippen molar-refractivity contribution in [1.29, 1.82) is 0 Å². The fraction of sp³-hybridized carbons (Fsp3) is 0.278. The normalized spacial score (nSPS) is 11.1. The Hall–Kier alpha value is -2.49. The molecule has 2 aromatic carbocycles. The van der Waals surface area contributed by atoms with Crippen LogP contribution >= 0.6 is 0 Å². The highest BCUT2D eigenvalue weighted by molar-refractivity contribution is 5.98. The molecule has 1 amide bonds. The van der Waals surface area contributed by atoms with Crippen LogP contribution in [0.25, 0.3) is 0 Å². The van der Waals surface area contributed by atoms with E-state index < -0.39 is 5.41 Å². The first-order valence-corrected chi connectivity index (χ1v) is 7.25. The number of nitrogens with zero attached hydrogens (tertiary/aromatic N) is 1. The zero-order valence-corrected chi connectivity index (χ0v) is 13.6. The number of carbonyl (C=O) groups excluding carboxylic acids is 1. The molecule has 22 heavy (non-hydrogen) atoms. The highest BCUT2D eigenvalue weighted by Gasteiger charge is 2.29. The van der Waals surface area contributed by atoms with Crippen molar-refractivity contribution in [3.63, 3.8) is 0 Å². The second-order valence-electron chi connectivity index (χ2n) is 6.14. The van der Waals surface area contributed by atoms with Crippen molar-refractivity contribution in [2.75, 3.05) is 30.0 Å². The van der Waals surface area contributed by atoms with Crippen LogP contribution in [0.5, 0.6) is 0 Å². The molecule has 0 heterocycles. The average Bonchev–Trinajstić information content (AvgIpc) is 2.48. The highest BCUT2D eigenvalue weighted by Crippen LogP contribution is 2.26. The van der Waals surface area contributed by atoms with Gasteiger partial charge in [0.25, 0.3) is 0 Å². The molecular formula is C18H23N3O. The Morgan fingerprint density at radius 1 is 1.00 bits per heavy atom. The number of nitrogens with one attached hydrogen (secondary N) is 1. The summed E-state index contributed by atoms with van der Waals surface area (Å²) in [4.78, 5) is 14.6. The third-order valence-electron chi connectivity index (χ3n) is 3.84. The molecule has 0 unspecified atom stereocenters. The van der Waals surface area contributed by atoms with Crippen LogP contribution in [-0.4, -0.2) is 20.0 Å². The first-order valence-electron chi connectivity index (χ1n) is 7.25. The van der Waals surface area contributed by atoms with E-state index in [1.165, 1.54) is 0 Å². The number of rotatable bonds is 4. The first kappa shape index (κ1) is 15.9. The minimum atomic E-state index is -0.631. The summed E-state index contributed by atoms with van der Waals surface area (Å²) in [6.07, 6.45) is 0. The summed E-state index contributed by atoms with van der Waals surface area (Å²) in [5, 5.41) is 2.97. The number of benzene rings is 2. The number of anilines is 3. The Bertz CT molecular complexity index is 643. The van der Waals surface area contributed by atoms with Crippen LogP contribution in [-0.2, 0) is 10.2 Å². The number of nitrogen functional groups attached to an aromatic ring is 1. The lowest BCUT2D eigenvalue weighted by Gasteiger charge is -2.24. The van der Waals surface area contributed by atoms with Crippen LogP contribution in [0.1, 0.15) is 19.4 Å². The molecule has 0 saturated heterocycles. The molecule has 116 valence electrons. The van der Waals surface area contributed by atoms with Crippen LogP contribution in [0.15, 0.2) is 48.5 Å². The van der Waals surface area contributed by atoms with Gasteiger partial charge >= 0.3 is 0 Å². The molecule has 3 N–H and O–H groups in total.